The number of hydrogen-bond acceptors (Lipinski definition) is 9. The molecule has 2 aromatic carbocycles. The highest BCUT2D eigenvalue weighted by Crippen LogP contribution is 2.65. The second kappa shape index (κ2) is 11.9. The van der Waals surface area contributed by atoms with Gasteiger partial charge in [0.1, 0.15) is 18.1 Å². The number of aliphatic hydroxyl groups is 1. The average molecular weight is 755 g/mol. The number of amides is 4. The predicted molar refractivity (Wildman–Crippen MR) is 182 cm³/mol. The quantitative estimate of drug-likeness (QED) is 0.100. The van der Waals surface area contributed by atoms with Crippen molar-refractivity contribution in [2.45, 2.75) is 35.1 Å². The van der Waals surface area contributed by atoms with Crippen molar-refractivity contribution in [3.63, 3.8) is 0 Å². The van der Waals surface area contributed by atoms with Gasteiger partial charge in [-0.2, -0.15) is 10.2 Å². The summed E-state index contributed by atoms with van der Waals surface area (Å²) in [6, 6.07) is 17.4. The number of anilines is 2. The molecule has 3 aromatic rings. The fourth-order valence-electron chi connectivity index (χ4n) is 7.56. The van der Waals surface area contributed by atoms with Crippen molar-refractivity contribution in [1.82, 2.24) is 4.90 Å². The van der Waals surface area contributed by atoms with E-state index in [0.29, 0.717) is 22.6 Å². The number of rotatable bonds is 7. The number of fused-ring (bicyclic) bond motifs is 4. The molecular formula is C34H30BrCl2N5O6. The molecule has 11 nitrogen and oxygen atoms in total. The van der Waals surface area contributed by atoms with Crippen LogP contribution in [0.2, 0.25) is 0 Å². The summed E-state index contributed by atoms with van der Waals surface area (Å²) in [5.41, 5.74) is 3.11. The van der Waals surface area contributed by atoms with E-state index < -0.39 is 57.7 Å². The van der Waals surface area contributed by atoms with Gasteiger partial charge in [-0.3, -0.25) is 29.0 Å². The third kappa shape index (κ3) is 4.71. The monoisotopic (exact) mass is 753 g/mol. The number of carbonyl (C=O) groups is 4. The van der Waals surface area contributed by atoms with Gasteiger partial charge >= 0.3 is 0 Å². The zero-order valence-electron chi connectivity index (χ0n) is 25.8. The Morgan fingerprint density at radius 2 is 1.56 bits per heavy atom. The first-order chi connectivity index (χ1) is 22.9. The van der Waals surface area contributed by atoms with Gasteiger partial charge in [0.05, 0.1) is 40.3 Å². The van der Waals surface area contributed by atoms with Crippen LogP contribution in [0.4, 0.5) is 22.7 Å². The summed E-state index contributed by atoms with van der Waals surface area (Å²) >= 11 is 17.6. The van der Waals surface area contributed by atoms with Gasteiger partial charge < -0.3 is 14.4 Å². The minimum Gasteiger partial charge on any atom is -0.463 e. The maximum Gasteiger partial charge on any atom is 0.254 e. The third-order valence-electron chi connectivity index (χ3n) is 9.89. The maximum absolute atomic E-state index is 14.2. The lowest BCUT2D eigenvalue weighted by Crippen LogP contribution is -2.60. The molecule has 0 radical (unpaired) electrons. The molecule has 2 aliphatic heterocycles. The molecule has 2 saturated heterocycles. The van der Waals surface area contributed by atoms with Crippen LogP contribution in [0.25, 0.3) is 0 Å². The van der Waals surface area contributed by atoms with Crippen LogP contribution in [-0.2, 0) is 25.8 Å². The number of hydrogen-bond donors (Lipinski definition) is 1. The summed E-state index contributed by atoms with van der Waals surface area (Å²) in [5, 5.41) is 18.3. The van der Waals surface area contributed by atoms with E-state index in [0.717, 1.165) is 10.6 Å². The predicted octanol–water partition coefficient (Wildman–Crippen LogP) is 6.17. The van der Waals surface area contributed by atoms with Crippen molar-refractivity contribution < 1.29 is 28.7 Å². The number of nitrogens with zero attached hydrogens (tertiary/aromatic N) is 5. The van der Waals surface area contributed by atoms with Crippen molar-refractivity contribution in [3.8, 4) is 0 Å². The van der Waals surface area contributed by atoms with Gasteiger partial charge in [0, 0.05) is 19.8 Å². The lowest BCUT2D eigenvalue weighted by molar-refractivity contribution is -0.138. The van der Waals surface area contributed by atoms with Gasteiger partial charge in [-0.25, -0.2) is 0 Å². The molecule has 7 rings (SSSR count). The van der Waals surface area contributed by atoms with Gasteiger partial charge in [0.25, 0.3) is 11.8 Å². The summed E-state index contributed by atoms with van der Waals surface area (Å²) in [6.45, 7) is -0.395. The Kier molecular flexibility index (Phi) is 8.13. The SMILES string of the molecule is CN(C)c1ccc(N=Nc2ccc(N3C(=O)[C@H]4[C@H](CC=C5[C@H]4C[C@@]4(Cl)C(=O)N(CBr)C(=O)[C@@]4(Cl)[C@H]5c4ccc(CO)o4)C3=O)cc2)cc1. The first-order valence-electron chi connectivity index (χ1n) is 15.3. The Hall–Kier alpha value is -3.84. The topological polar surface area (TPSA) is 136 Å². The van der Waals surface area contributed by atoms with Crippen LogP contribution in [0.5, 0.6) is 0 Å². The summed E-state index contributed by atoms with van der Waals surface area (Å²) in [4.78, 5) is 55.9. The van der Waals surface area contributed by atoms with Crippen molar-refractivity contribution in [2.24, 2.45) is 28.0 Å². The molecule has 14 heteroatoms. The maximum atomic E-state index is 14.2. The average Bonchev–Trinajstić information content (AvgIpc) is 3.70. The molecule has 248 valence electrons. The Bertz CT molecular complexity index is 1900. The van der Waals surface area contributed by atoms with E-state index in [2.05, 4.69) is 26.2 Å². The molecule has 2 aliphatic carbocycles. The molecule has 3 fully saturated rings. The summed E-state index contributed by atoms with van der Waals surface area (Å²) in [7, 11) is 3.91. The summed E-state index contributed by atoms with van der Waals surface area (Å²) < 4.78 is 5.91. The van der Waals surface area contributed by atoms with Gasteiger partial charge in [-0.05, 0) is 79.4 Å². The molecule has 4 aliphatic rings. The zero-order chi connectivity index (χ0) is 34.1. The van der Waals surface area contributed by atoms with Crippen molar-refractivity contribution in [1.29, 1.82) is 0 Å². The Labute approximate surface area is 294 Å². The molecule has 48 heavy (non-hydrogen) atoms. The molecule has 3 heterocycles. The molecule has 4 amide bonds. The molecule has 6 atom stereocenters. The Morgan fingerprint density at radius 1 is 0.917 bits per heavy atom. The van der Waals surface area contributed by atoms with Crippen LogP contribution < -0.4 is 9.80 Å². The highest BCUT2D eigenvalue weighted by molar-refractivity contribution is 9.09. The molecule has 0 unspecified atom stereocenters. The van der Waals surface area contributed by atoms with Gasteiger partial charge in [-0.1, -0.05) is 27.6 Å². The lowest BCUT2D eigenvalue weighted by Gasteiger charge is -2.49. The fourth-order valence-corrected chi connectivity index (χ4v) is 8.96. The summed E-state index contributed by atoms with van der Waals surface area (Å²) in [6.07, 6.45) is 1.91. The molecule has 0 bridgehead atoms. The second-order valence-electron chi connectivity index (χ2n) is 12.6. The fraction of sp³-hybridized carbons (Fsp3) is 0.353. The van der Waals surface area contributed by atoms with Crippen LogP contribution in [0.1, 0.15) is 30.3 Å². The van der Waals surface area contributed by atoms with E-state index in [1.807, 2.05) is 49.3 Å². The van der Waals surface area contributed by atoms with E-state index >= 15 is 0 Å². The minimum absolute atomic E-state index is 0.125. The van der Waals surface area contributed by atoms with E-state index in [-0.39, 0.29) is 35.7 Å². The van der Waals surface area contributed by atoms with E-state index in [1.165, 1.54) is 4.90 Å². The first-order valence-corrected chi connectivity index (χ1v) is 17.2. The Balaban J connectivity index is 1.20. The molecule has 0 spiro atoms. The number of imide groups is 2. The smallest absolute Gasteiger partial charge is 0.254 e. The van der Waals surface area contributed by atoms with Crippen LogP contribution in [0, 0.1) is 17.8 Å². The highest BCUT2D eigenvalue weighted by Gasteiger charge is 2.76. The number of alkyl halides is 3. The van der Waals surface area contributed by atoms with Crippen LogP contribution >= 0.6 is 39.1 Å². The highest BCUT2D eigenvalue weighted by atomic mass is 79.9. The van der Waals surface area contributed by atoms with Crippen molar-refractivity contribution >= 4 is 85.5 Å². The standard InChI is InChI=1S/C34H30BrCl2N5O6/c1-40(2)20-7-3-18(4-8-20)38-39-19-5-9-21(10-6-19)42-29(44)24-13-12-23-25(27(24)30(42)45)15-33(36)31(46)41(17-35)32(47)34(33,37)28(23)26-14-11-22(16-43)48-26/h3-12,14,24-25,27-28,43H,13,15-17H2,1-2H3/t24-,25+,27-,28+,33+,34-/m0/s1. The number of aliphatic hydroxyl groups excluding tert-OH is 1. The number of carbonyl (C=O) groups excluding carboxylic acids is 4. The molecule has 1 aromatic heterocycles. The number of benzene rings is 2. The molecular weight excluding hydrogens is 725 g/mol. The lowest BCUT2D eigenvalue weighted by atomic mass is 9.57. The van der Waals surface area contributed by atoms with Crippen LogP contribution in [-0.4, -0.2) is 62.9 Å². The number of likely N-dealkylation sites (tertiary alicyclic amines) is 1. The van der Waals surface area contributed by atoms with Gasteiger partial charge in [0.15, 0.2) is 9.75 Å². The zero-order valence-corrected chi connectivity index (χ0v) is 28.9. The normalized spacial score (nSPS) is 29.8. The third-order valence-corrected chi connectivity index (χ3v) is 11.8. The van der Waals surface area contributed by atoms with E-state index in [1.54, 1.807) is 36.4 Å². The molecule has 1 N–H and O–H groups in total. The van der Waals surface area contributed by atoms with Crippen LogP contribution in [0.15, 0.2) is 87.0 Å². The van der Waals surface area contributed by atoms with Crippen LogP contribution in [0.3, 0.4) is 0 Å². The van der Waals surface area contributed by atoms with Crippen molar-refractivity contribution in [2.75, 3.05) is 29.3 Å². The number of halogens is 3. The van der Waals surface area contributed by atoms with E-state index in [4.69, 9.17) is 27.6 Å². The minimum atomic E-state index is -1.97. The number of allylic oxidation sites excluding steroid dienone is 2. The second-order valence-corrected chi connectivity index (χ2v) is 14.3. The molecule has 1 saturated carbocycles. The van der Waals surface area contributed by atoms with Gasteiger partial charge in [-0.15, -0.1) is 23.2 Å². The first kappa shape index (κ1) is 32.7. The Morgan fingerprint density at radius 3 is 2.15 bits per heavy atom. The summed E-state index contributed by atoms with van der Waals surface area (Å²) in [5.74, 6) is -4.98. The number of azo groups is 1. The van der Waals surface area contributed by atoms with E-state index in [9.17, 15) is 24.3 Å². The van der Waals surface area contributed by atoms with Crippen molar-refractivity contribution in [3.05, 3.63) is 83.8 Å². The van der Waals surface area contributed by atoms with Gasteiger partial charge in [0.2, 0.25) is 11.8 Å². The number of furan rings is 1. The largest absolute Gasteiger partial charge is 0.463 e.